The summed E-state index contributed by atoms with van der Waals surface area (Å²) in [6, 6.07) is 12.3. The average molecular weight is 239 g/mol. The molecule has 0 fully saturated rings. The van der Waals surface area contributed by atoms with Gasteiger partial charge in [0.2, 0.25) is 0 Å². The molecule has 0 bridgehead atoms. The van der Waals surface area contributed by atoms with Crippen LogP contribution in [0.3, 0.4) is 0 Å². The number of hydrogen-bond acceptors (Lipinski definition) is 1. The van der Waals surface area contributed by atoms with Crippen molar-refractivity contribution < 1.29 is 0 Å². The third-order valence-electron chi connectivity index (χ3n) is 1.81. The molecule has 0 heterocycles. The van der Waals surface area contributed by atoms with E-state index in [9.17, 15) is 0 Å². The van der Waals surface area contributed by atoms with Crippen LogP contribution in [0.15, 0.2) is 45.8 Å². The molecule has 12 heavy (non-hydrogen) atoms. The summed E-state index contributed by atoms with van der Waals surface area (Å²) in [5.74, 6) is 0. The van der Waals surface area contributed by atoms with Gasteiger partial charge in [-0.3, -0.25) is 0 Å². The monoisotopic (exact) mass is 238 g/mol. The molecule has 2 rings (SSSR count). The Balaban J connectivity index is 2.86. The maximum Gasteiger partial charge on any atom is 0.0253 e. The molecule has 0 saturated heterocycles. The maximum atomic E-state index is 4.28. The predicted octanol–water partition coefficient (Wildman–Crippen LogP) is 3.89. The average Bonchev–Trinajstić information content (AvgIpc) is 2.04. The lowest BCUT2D eigenvalue weighted by Crippen LogP contribution is -1.73. The molecule has 0 N–H and O–H groups in total. The first-order valence-electron chi connectivity index (χ1n) is 3.64. The molecule has 0 aromatic heterocycles. The Morgan fingerprint density at radius 1 is 1.08 bits per heavy atom. The van der Waals surface area contributed by atoms with Crippen molar-refractivity contribution in [3.63, 3.8) is 0 Å². The first-order valence-corrected chi connectivity index (χ1v) is 4.88. The Hall–Kier alpha value is -0.470. The van der Waals surface area contributed by atoms with Crippen LogP contribution in [0.5, 0.6) is 0 Å². The van der Waals surface area contributed by atoms with E-state index >= 15 is 0 Å². The summed E-state index contributed by atoms with van der Waals surface area (Å²) < 4.78 is 1.13. The zero-order chi connectivity index (χ0) is 8.55. The smallest absolute Gasteiger partial charge is 0.0253 e. The zero-order valence-corrected chi connectivity index (χ0v) is 8.77. The Morgan fingerprint density at radius 3 is 2.75 bits per heavy atom. The Kier molecular flexibility index (Phi) is 2.11. The highest BCUT2D eigenvalue weighted by atomic mass is 79.9. The second-order valence-electron chi connectivity index (χ2n) is 2.65. The van der Waals surface area contributed by atoms with Crippen molar-refractivity contribution in [2.75, 3.05) is 0 Å². The second kappa shape index (κ2) is 3.11. The Bertz CT molecular complexity index is 423. The van der Waals surface area contributed by atoms with Crippen molar-refractivity contribution in [3.8, 4) is 0 Å². The molecule has 0 radical (unpaired) electrons. The van der Waals surface area contributed by atoms with Gasteiger partial charge >= 0.3 is 0 Å². The van der Waals surface area contributed by atoms with E-state index in [4.69, 9.17) is 0 Å². The Labute approximate surface area is 85.1 Å². The van der Waals surface area contributed by atoms with Gasteiger partial charge in [-0.25, -0.2) is 0 Å². The molecule has 60 valence electrons. The van der Waals surface area contributed by atoms with Crippen molar-refractivity contribution in [2.24, 2.45) is 0 Å². The lowest BCUT2D eigenvalue weighted by atomic mass is 10.1. The third kappa shape index (κ3) is 1.37. The van der Waals surface area contributed by atoms with E-state index in [2.05, 4.69) is 46.8 Å². The SMILES string of the molecule is Sc1ccc2c(Br)cccc2c1. The molecular formula is C10H7BrS. The van der Waals surface area contributed by atoms with Gasteiger partial charge in [0.1, 0.15) is 0 Å². The molecule has 0 nitrogen and oxygen atoms in total. The fraction of sp³-hybridized carbons (Fsp3) is 0. The third-order valence-corrected chi connectivity index (χ3v) is 2.78. The van der Waals surface area contributed by atoms with Crippen LogP contribution in [0, 0.1) is 0 Å². The summed E-state index contributed by atoms with van der Waals surface area (Å²) in [7, 11) is 0. The first-order chi connectivity index (χ1) is 5.77. The molecule has 2 aromatic carbocycles. The quantitative estimate of drug-likeness (QED) is 0.662. The van der Waals surface area contributed by atoms with E-state index in [-0.39, 0.29) is 0 Å². The van der Waals surface area contributed by atoms with Crippen molar-refractivity contribution in [1.82, 2.24) is 0 Å². The summed E-state index contributed by atoms with van der Waals surface area (Å²) in [5, 5.41) is 2.45. The molecule has 0 aliphatic heterocycles. The number of hydrogen-bond donors (Lipinski definition) is 1. The Morgan fingerprint density at radius 2 is 1.92 bits per heavy atom. The van der Waals surface area contributed by atoms with E-state index in [1.807, 2.05) is 18.2 Å². The van der Waals surface area contributed by atoms with Crippen molar-refractivity contribution in [3.05, 3.63) is 40.9 Å². The minimum Gasteiger partial charge on any atom is -0.143 e. The van der Waals surface area contributed by atoms with Crippen LogP contribution in [0.25, 0.3) is 10.8 Å². The van der Waals surface area contributed by atoms with Gasteiger partial charge in [-0.15, -0.1) is 12.6 Å². The second-order valence-corrected chi connectivity index (χ2v) is 4.02. The van der Waals surface area contributed by atoms with E-state index in [0.29, 0.717) is 0 Å². The highest BCUT2D eigenvalue weighted by Gasteiger charge is 1.96. The van der Waals surface area contributed by atoms with E-state index in [1.165, 1.54) is 10.8 Å². The van der Waals surface area contributed by atoms with Gasteiger partial charge in [-0.05, 0) is 29.0 Å². The molecular weight excluding hydrogens is 232 g/mol. The van der Waals surface area contributed by atoms with Gasteiger partial charge < -0.3 is 0 Å². The number of fused-ring (bicyclic) bond motifs is 1. The van der Waals surface area contributed by atoms with Crippen LogP contribution in [-0.2, 0) is 0 Å². The molecule has 0 aliphatic carbocycles. The topological polar surface area (TPSA) is 0 Å². The molecule has 2 aromatic rings. The fourth-order valence-electron chi connectivity index (χ4n) is 1.23. The van der Waals surface area contributed by atoms with E-state index < -0.39 is 0 Å². The molecule has 0 spiro atoms. The van der Waals surface area contributed by atoms with Crippen molar-refractivity contribution in [1.29, 1.82) is 0 Å². The molecule has 0 aliphatic rings. The highest BCUT2D eigenvalue weighted by Crippen LogP contribution is 2.25. The summed E-state index contributed by atoms with van der Waals surface area (Å²) in [5.41, 5.74) is 0. The summed E-state index contributed by atoms with van der Waals surface area (Å²) in [4.78, 5) is 1.00. The van der Waals surface area contributed by atoms with Gasteiger partial charge in [0.25, 0.3) is 0 Å². The molecule has 0 saturated carbocycles. The first kappa shape index (κ1) is 8.14. The standard InChI is InChI=1S/C10H7BrS/c11-10-3-1-2-7-6-8(12)4-5-9(7)10/h1-6,12H. The molecule has 0 atom stereocenters. The van der Waals surface area contributed by atoms with Crippen molar-refractivity contribution in [2.45, 2.75) is 4.90 Å². The van der Waals surface area contributed by atoms with Gasteiger partial charge in [0, 0.05) is 9.37 Å². The van der Waals surface area contributed by atoms with Gasteiger partial charge in [-0.1, -0.05) is 34.1 Å². The van der Waals surface area contributed by atoms with Gasteiger partial charge in [0.15, 0.2) is 0 Å². The largest absolute Gasteiger partial charge is 0.143 e. The predicted molar refractivity (Wildman–Crippen MR) is 58.9 cm³/mol. The normalized spacial score (nSPS) is 10.5. The number of thiol groups is 1. The summed E-state index contributed by atoms with van der Waals surface area (Å²) in [6.45, 7) is 0. The van der Waals surface area contributed by atoms with E-state index in [1.54, 1.807) is 0 Å². The van der Waals surface area contributed by atoms with Gasteiger partial charge in [0.05, 0.1) is 0 Å². The number of halogens is 1. The minimum absolute atomic E-state index is 1.00. The van der Waals surface area contributed by atoms with Crippen LogP contribution in [-0.4, -0.2) is 0 Å². The fourth-order valence-corrected chi connectivity index (χ4v) is 1.96. The number of benzene rings is 2. The molecule has 0 unspecified atom stereocenters. The zero-order valence-electron chi connectivity index (χ0n) is 6.29. The number of rotatable bonds is 0. The van der Waals surface area contributed by atoms with Crippen LogP contribution in [0.2, 0.25) is 0 Å². The molecule has 2 heteroatoms. The van der Waals surface area contributed by atoms with Crippen LogP contribution in [0.1, 0.15) is 0 Å². The highest BCUT2D eigenvalue weighted by molar-refractivity contribution is 9.10. The minimum atomic E-state index is 1.00. The van der Waals surface area contributed by atoms with Crippen LogP contribution in [0.4, 0.5) is 0 Å². The molecule has 0 amide bonds. The lowest BCUT2D eigenvalue weighted by Gasteiger charge is -2.00. The summed E-state index contributed by atoms with van der Waals surface area (Å²) in [6.07, 6.45) is 0. The van der Waals surface area contributed by atoms with Gasteiger partial charge in [-0.2, -0.15) is 0 Å². The van der Waals surface area contributed by atoms with E-state index in [0.717, 1.165) is 9.37 Å². The van der Waals surface area contributed by atoms with Crippen LogP contribution >= 0.6 is 28.6 Å². The lowest BCUT2D eigenvalue weighted by molar-refractivity contribution is 1.52. The van der Waals surface area contributed by atoms with Crippen molar-refractivity contribution >= 4 is 39.3 Å². The maximum absolute atomic E-state index is 4.28. The summed E-state index contributed by atoms with van der Waals surface area (Å²) >= 11 is 7.78. The van der Waals surface area contributed by atoms with Crippen LogP contribution < -0.4 is 0 Å².